The molecular formula is C14H19ClN2O3. The maximum atomic E-state index is 11.9. The molecule has 1 amide bonds. The Labute approximate surface area is 123 Å². The molecule has 0 saturated heterocycles. The lowest BCUT2D eigenvalue weighted by Crippen LogP contribution is -2.31. The van der Waals surface area contributed by atoms with Gasteiger partial charge in [-0.2, -0.15) is 0 Å². The zero-order valence-electron chi connectivity index (χ0n) is 11.6. The zero-order chi connectivity index (χ0) is 15.1. The number of hydrogen-bond donors (Lipinski definition) is 2. The predicted octanol–water partition coefficient (Wildman–Crippen LogP) is 2.38. The summed E-state index contributed by atoms with van der Waals surface area (Å²) in [6.45, 7) is 2.67. The molecule has 1 aromatic carbocycles. The van der Waals surface area contributed by atoms with Gasteiger partial charge in [0, 0.05) is 17.1 Å². The van der Waals surface area contributed by atoms with Crippen LogP contribution in [0.3, 0.4) is 0 Å². The molecule has 0 aromatic heterocycles. The molecule has 5 nitrogen and oxygen atoms in total. The molecule has 0 fully saturated rings. The van der Waals surface area contributed by atoms with E-state index in [1.807, 2.05) is 13.0 Å². The van der Waals surface area contributed by atoms with E-state index in [1.54, 1.807) is 24.1 Å². The number of aliphatic carboxylic acids is 1. The SMILES string of the molecule is Cc1ccc(Cl)cc1NC(=O)CN(C)CCCC(=O)O. The number of carboxylic acids is 1. The summed E-state index contributed by atoms with van der Waals surface area (Å²) < 4.78 is 0. The lowest BCUT2D eigenvalue weighted by Gasteiger charge is -2.16. The van der Waals surface area contributed by atoms with Crippen LogP contribution in [0, 0.1) is 6.92 Å². The van der Waals surface area contributed by atoms with Crippen LogP contribution >= 0.6 is 11.6 Å². The van der Waals surface area contributed by atoms with Gasteiger partial charge in [0.15, 0.2) is 0 Å². The van der Waals surface area contributed by atoms with Crippen LogP contribution in [0.25, 0.3) is 0 Å². The summed E-state index contributed by atoms with van der Waals surface area (Å²) in [5.41, 5.74) is 1.64. The second kappa shape index (κ2) is 7.87. The molecule has 0 atom stereocenters. The number of carbonyl (C=O) groups excluding carboxylic acids is 1. The van der Waals surface area contributed by atoms with Gasteiger partial charge in [0.25, 0.3) is 0 Å². The number of nitrogens with zero attached hydrogens (tertiary/aromatic N) is 1. The van der Waals surface area contributed by atoms with Crippen molar-refractivity contribution in [1.29, 1.82) is 0 Å². The van der Waals surface area contributed by atoms with E-state index in [1.165, 1.54) is 0 Å². The molecule has 0 saturated carbocycles. The number of carbonyl (C=O) groups is 2. The number of hydrogen-bond acceptors (Lipinski definition) is 3. The van der Waals surface area contributed by atoms with Crippen LogP contribution in [-0.4, -0.2) is 42.0 Å². The second-order valence-electron chi connectivity index (χ2n) is 4.74. The first kappa shape index (κ1) is 16.5. The van der Waals surface area contributed by atoms with Crippen molar-refractivity contribution in [2.24, 2.45) is 0 Å². The van der Waals surface area contributed by atoms with Crippen LogP contribution in [0.15, 0.2) is 18.2 Å². The van der Waals surface area contributed by atoms with Gasteiger partial charge in [0.05, 0.1) is 6.54 Å². The fourth-order valence-electron chi connectivity index (χ4n) is 1.74. The number of rotatable bonds is 7. The van der Waals surface area contributed by atoms with E-state index in [2.05, 4.69) is 5.32 Å². The van der Waals surface area contributed by atoms with Crippen molar-refractivity contribution in [3.8, 4) is 0 Å². The molecule has 110 valence electrons. The average molecular weight is 299 g/mol. The van der Waals surface area contributed by atoms with Gasteiger partial charge < -0.3 is 10.4 Å². The number of anilines is 1. The summed E-state index contributed by atoms with van der Waals surface area (Å²) in [6, 6.07) is 5.32. The van der Waals surface area contributed by atoms with Crippen molar-refractivity contribution in [3.05, 3.63) is 28.8 Å². The van der Waals surface area contributed by atoms with Crippen LogP contribution in [-0.2, 0) is 9.59 Å². The van der Waals surface area contributed by atoms with Crippen molar-refractivity contribution in [2.75, 3.05) is 25.5 Å². The number of likely N-dealkylation sites (N-methyl/N-ethyl adjacent to an activating group) is 1. The van der Waals surface area contributed by atoms with E-state index in [0.29, 0.717) is 23.7 Å². The number of halogens is 1. The number of amides is 1. The Bertz CT molecular complexity index is 491. The Morgan fingerprint density at radius 1 is 1.40 bits per heavy atom. The molecular weight excluding hydrogens is 280 g/mol. The fraction of sp³-hybridized carbons (Fsp3) is 0.429. The van der Waals surface area contributed by atoms with E-state index < -0.39 is 5.97 Å². The molecule has 1 rings (SSSR count). The first-order chi connectivity index (χ1) is 9.38. The highest BCUT2D eigenvalue weighted by molar-refractivity contribution is 6.31. The zero-order valence-corrected chi connectivity index (χ0v) is 12.4. The second-order valence-corrected chi connectivity index (χ2v) is 5.18. The van der Waals surface area contributed by atoms with Gasteiger partial charge >= 0.3 is 5.97 Å². The van der Waals surface area contributed by atoms with Crippen LogP contribution in [0.5, 0.6) is 0 Å². The van der Waals surface area contributed by atoms with Crippen LogP contribution in [0.2, 0.25) is 5.02 Å². The Morgan fingerprint density at radius 2 is 2.10 bits per heavy atom. The molecule has 0 aliphatic carbocycles. The number of aryl methyl sites for hydroxylation is 1. The third-order valence-corrected chi connectivity index (χ3v) is 3.05. The first-order valence-corrected chi connectivity index (χ1v) is 6.72. The smallest absolute Gasteiger partial charge is 0.303 e. The maximum Gasteiger partial charge on any atom is 0.303 e. The normalized spacial score (nSPS) is 10.6. The van der Waals surface area contributed by atoms with Crippen LogP contribution in [0.4, 0.5) is 5.69 Å². The number of carboxylic acid groups (broad SMARTS) is 1. The topological polar surface area (TPSA) is 69.6 Å². The van der Waals surface area contributed by atoms with Gasteiger partial charge in [0.1, 0.15) is 0 Å². The molecule has 0 heterocycles. The Balaban J connectivity index is 2.43. The molecule has 0 aliphatic rings. The van der Waals surface area contributed by atoms with Crippen molar-refractivity contribution >= 4 is 29.2 Å². The van der Waals surface area contributed by atoms with E-state index >= 15 is 0 Å². The first-order valence-electron chi connectivity index (χ1n) is 6.35. The molecule has 0 aliphatic heterocycles. The van der Waals surface area contributed by atoms with E-state index in [4.69, 9.17) is 16.7 Å². The average Bonchev–Trinajstić information content (AvgIpc) is 2.33. The fourth-order valence-corrected chi connectivity index (χ4v) is 1.92. The summed E-state index contributed by atoms with van der Waals surface area (Å²) in [6.07, 6.45) is 0.634. The van der Waals surface area contributed by atoms with Crippen molar-refractivity contribution in [1.82, 2.24) is 4.90 Å². The quantitative estimate of drug-likeness (QED) is 0.811. The molecule has 2 N–H and O–H groups in total. The van der Waals surface area contributed by atoms with Gasteiger partial charge in [-0.15, -0.1) is 0 Å². The molecule has 1 aromatic rings. The third-order valence-electron chi connectivity index (χ3n) is 2.82. The number of benzene rings is 1. The highest BCUT2D eigenvalue weighted by atomic mass is 35.5. The Morgan fingerprint density at radius 3 is 2.75 bits per heavy atom. The molecule has 0 radical (unpaired) electrons. The lowest BCUT2D eigenvalue weighted by molar-refractivity contribution is -0.137. The van der Waals surface area contributed by atoms with Crippen molar-refractivity contribution in [2.45, 2.75) is 19.8 Å². The largest absolute Gasteiger partial charge is 0.481 e. The molecule has 20 heavy (non-hydrogen) atoms. The van der Waals surface area contributed by atoms with E-state index in [0.717, 1.165) is 5.56 Å². The molecule has 0 spiro atoms. The highest BCUT2D eigenvalue weighted by Crippen LogP contribution is 2.19. The highest BCUT2D eigenvalue weighted by Gasteiger charge is 2.09. The predicted molar refractivity (Wildman–Crippen MR) is 79.2 cm³/mol. The van der Waals surface area contributed by atoms with E-state index in [9.17, 15) is 9.59 Å². The van der Waals surface area contributed by atoms with Crippen molar-refractivity contribution < 1.29 is 14.7 Å². The third kappa shape index (κ3) is 6.04. The summed E-state index contributed by atoms with van der Waals surface area (Å²) >= 11 is 5.89. The van der Waals surface area contributed by atoms with Gasteiger partial charge in [-0.3, -0.25) is 14.5 Å². The molecule has 0 bridgehead atoms. The Hall–Kier alpha value is -1.59. The van der Waals surface area contributed by atoms with Gasteiger partial charge in [-0.1, -0.05) is 17.7 Å². The number of nitrogens with one attached hydrogen (secondary N) is 1. The summed E-state index contributed by atoms with van der Waals surface area (Å²) in [5, 5.41) is 11.9. The van der Waals surface area contributed by atoms with E-state index in [-0.39, 0.29) is 18.9 Å². The summed E-state index contributed by atoms with van der Waals surface area (Å²) in [5.74, 6) is -0.967. The van der Waals surface area contributed by atoms with Gasteiger partial charge in [0.2, 0.25) is 5.91 Å². The standard InChI is InChI=1S/C14H19ClN2O3/c1-10-5-6-11(15)8-12(10)16-13(18)9-17(2)7-3-4-14(19)20/h5-6,8H,3-4,7,9H2,1-2H3,(H,16,18)(H,19,20). The Kier molecular flexibility index (Phi) is 6.48. The summed E-state index contributed by atoms with van der Waals surface area (Å²) in [4.78, 5) is 24.1. The molecule has 6 heteroatoms. The van der Waals surface area contributed by atoms with Gasteiger partial charge in [-0.25, -0.2) is 0 Å². The maximum absolute atomic E-state index is 11.9. The van der Waals surface area contributed by atoms with Gasteiger partial charge in [-0.05, 0) is 44.6 Å². The minimum atomic E-state index is -0.822. The summed E-state index contributed by atoms with van der Waals surface area (Å²) in [7, 11) is 1.78. The molecule has 0 unspecified atom stereocenters. The van der Waals surface area contributed by atoms with Crippen molar-refractivity contribution in [3.63, 3.8) is 0 Å². The van der Waals surface area contributed by atoms with Crippen LogP contribution in [0.1, 0.15) is 18.4 Å². The lowest BCUT2D eigenvalue weighted by atomic mass is 10.2. The minimum Gasteiger partial charge on any atom is -0.481 e. The monoisotopic (exact) mass is 298 g/mol. The minimum absolute atomic E-state index is 0.110. The van der Waals surface area contributed by atoms with Crippen LogP contribution < -0.4 is 5.32 Å².